The predicted octanol–water partition coefficient (Wildman–Crippen LogP) is 1.44. The minimum Gasteiger partial charge on any atom is -0.361 e. The first kappa shape index (κ1) is 12.5. The molecule has 2 fully saturated rings. The van der Waals surface area contributed by atoms with Crippen LogP contribution in [0.5, 0.6) is 0 Å². The van der Waals surface area contributed by atoms with Gasteiger partial charge in [0.15, 0.2) is 0 Å². The number of fused-ring (bicyclic) bond motifs is 1. The van der Waals surface area contributed by atoms with Gasteiger partial charge in [-0.2, -0.15) is 4.31 Å². The van der Waals surface area contributed by atoms with Crippen LogP contribution >= 0.6 is 0 Å². The van der Waals surface area contributed by atoms with E-state index in [4.69, 9.17) is 4.74 Å². The number of benzene rings is 1. The molecule has 2 bridgehead atoms. The van der Waals surface area contributed by atoms with Gasteiger partial charge in [-0.15, -0.1) is 0 Å². The molecule has 0 saturated carbocycles. The summed E-state index contributed by atoms with van der Waals surface area (Å²) in [4.78, 5) is 0. The molecule has 3 aliphatic heterocycles. The predicted molar refractivity (Wildman–Crippen MR) is 70.9 cm³/mol. The van der Waals surface area contributed by atoms with Crippen molar-refractivity contribution in [1.82, 2.24) is 4.31 Å². The lowest BCUT2D eigenvalue weighted by Crippen LogP contribution is -2.36. The van der Waals surface area contributed by atoms with E-state index >= 15 is 0 Å². The largest absolute Gasteiger partial charge is 0.361 e. The number of rotatable bonds is 2. The molecule has 3 aliphatic rings. The van der Waals surface area contributed by atoms with Crippen LogP contribution in [-0.2, 0) is 21.3 Å². The molecular weight excluding hydrogens is 281 g/mol. The summed E-state index contributed by atoms with van der Waals surface area (Å²) in [5, 5.41) is -0.487. The van der Waals surface area contributed by atoms with Crippen LogP contribution in [-0.4, -0.2) is 36.2 Å². The van der Waals surface area contributed by atoms with Crippen molar-refractivity contribution in [3.8, 4) is 0 Å². The summed E-state index contributed by atoms with van der Waals surface area (Å²) in [6.07, 6.45) is 4.29. The highest BCUT2D eigenvalue weighted by atomic mass is 32.2. The zero-order valence-electron chi connectivity index (χ0n) is 10.7. The molecule has 2 saturated heterocycles. The number of nitrogens with zero attached hydrogens (tertiary/aromatic N) is 1. The molecule has 6 heteroatoms. The highest BCUT2D eigenvalue weighted by Crippen LogP contribution is 2.48. The van der Waals surface area contributed by atoms with Crippen molar-refractivity contribution in [2.75, 3.05) is 6.54 Å². The van der Waals surface area contributed by atoms with Crippen molar-refractivity contribution >= 4 is 10.0 Å². The SMILES string of the molecule is O=S1(=O)[C@H]2C[C@H]3C=C[C@@]2(CN1Cc1cccc(F)c1)O3. The van der Waals surface area contributed by atoms with Gasteiger partial charge in [0, 0.05) is 13.1 Å². The van der Waals surface area contributed by atoms with Gasteiger partial charge in [-0.1, -0.05) is 24.3 Å². The Labute approximate surface area is 116 Å². The summed E-state index contributed by atoms with van der Waals surface area (Å²) >= 11 is 0. The van der Waals surface area contributed by atoms with Gasteiger partial charge < -0.3 is 4.74 Å². The van der Waals surface area contributed by atoms with Crippen molar-refractivity contribution in [1.29, 1.82) is 0 Å². The van der Waals surface area contributed by atoms with Gasteiger partial charge in [0.2, 0.25) is 10.0 Å². The van der Waals surface area contributed by atoms with Gasteiger partial charge in [-0.25, -0.2) is 12.8 Å². The molecule has 20 heavy (non-hydrogen) atoms. The Hall–Kier alpha value is -1.24. The van der Waals surface area contributed by atoms with Crippen molar-refractivity contribution in [2.45, 2.75) is 29.9 Å². The van der Waals surface area contributed by atoms with E-state index in [2.05, 4.69) is 0 Å². The minimum absolute atomic E-state index is 0.0638. The third-order valence-corrected chi connectivity index (χ3v) is 6.63. The average molecular weight is 295 g/mol. The fourth-order valence-corrected chi connectivity index (χ4v) is 5.66. The fourth-order valence-electron chi connectivity index (χ4n) is 3.45. The number of ether oxygens (including phenoxy) is 1. The second-order valence-electron chi connectivity index (χ2n) is 5.64. The van der Waals surface area contributed by atoms with Crippen molar-refractivity contribution in [3.63, 3.8) is 0 Å². The molecule has 0 amide bonds. The average Bonchev–Trinajstić information content (AvgIpc) is 3.00. The lowest BCUT2D eigenvalue weighted by Gasteiger charge is -2.19. The van der Waals surface area contributed by atoms with Gasteiger partial charge in [0.25, 0.3) is 0 Å². The van der Waals surface area contributed by atoms with E-state index in [-0.39, 0.29) is 18.5 Å². The van der Waals surface area contributed by atoms with Crippen molar-refractivity contribution in [2.24, 2.45) is 0 Å². The number of sulfonamides is 1. The maximum atomic E-state index is 13.2. The third kappa shape index (κ3) is 1.62. The molecule has 0 N–H and O–H groups in total. The van der Waals surface area contributed by atoms with Crippen molar-refractivity contribution < 1.29 is 17.5 Å². The highest BCUT2D eigenvalue weighted by molar-refractivity contribution is 7.90. The van der Waals surface area contributed by atoms with Crippen LogP contribution in [0.1, 0.15) is 12.0 Å². The molecule has 106 valence electrons. The van der Waals surface area contributed by atoms with Crippen LogP contribution in [0.2, 0.25) is 0 Å². The van der Waals surface area contributed by atoms with Gasteiger partial charge in [-0.3, -0.25) is 0 Å². The Kier molecular flexibility index (Phi) is 2.44. The fraction of sp³-hybridized carbons (Fsp3) is 0.429. The maximum Gasteiger partial charge on any atom is 0.220 e. The van der Waals surface area contributed by atoms with Gasteiger partial charge >= 0.3 is 0 Å². The molecule has 0 unspecified atom stereocenters. The highest BCUT2D eigenvalue weighted by Gasteiger charge is 2.63. The van der Waals surface area contributed by atoms with E-state index in [9.17, 15) is 12.8 Å². The van der Waals surface area contributed by atoms with E-state index < -0.39 is 20.9 Å². The third-order valence-electron chi connectivity index (χ3n) is 4.35. The normalized spacial score (nSPS) is 37.5. The number of halogens is 1. The first-order chi connectivity index (χ1) is 9.49. The molecule has 1 aromatic rings. The molecule has 0 aliphatic carbocycles. The van der Waals surface area contributed by atoms with E-state index in [1.165, 1.54) is 16.4 Å². The zero-order valence-corrected chi connectivity index (χ0v) is 11.5. The topological polar surface area (TPSA) is 46.6 Å². The number of hydrogen-bond donors (Lipinski definition) is 0. The Balaban J connectivity index is 1.66. The van der Waals surface area contributed by atoms with Crippen LogP contribution in [0.25, 0.3) is 0 Å². The smallest absolute Gasteiger partial charge is 0.220 e. The standard InChI is InChI=1S/C14H14FNO3S/c15-11-3-1-2-10(6-11)8-16-9-14-5-4-12(19-14)7-13(14)20(16,17)18/h1-6,12-13H,7-9H2/t12-,13+,14+/m1/s1. The molecule has 4 nitrogen and oxygen atoms in total. The quantitative estimate of drug-likeness (QED) is 0.776. The zero-order chi connectivity index (χ0) is 14.0. The summed E-state index contributed by atoms with van der Waals surface area (Å²) < 4.78 is 45.6. The molecule has 0 radical (unpaired) electrons. The number of hydrogen-bond acceptors (Lipinski definition) is 3. The van der Waals surface area contributed by atoms with Crippen LogP contribution in [0.4, 0.5) is 4.39 Å². The van der Waals surface area contributed by atoms with Crippen LogP contribution in [0.3, 0.4) is 0 Å². The van der Waals surface area contributed by atoms with Gasteiger partial charge in [-0.05, 0) is 24.1 Å². The minimum atomic E-state index is -3.38. The molecule has 4 rings (SSSR count). The Morgan fingerprint density at radius 1 is 1.45 bits per heavy atom. The molecular formula is C14H14FNO3S. The molecule has 3 heterocycles. The second kappa shape index (κ2) is 3.90. The lowest BCUT2D eigenvalue weighted by atomic mass is 9.94. The Bertz CT molecular complexity index is 702. The Morgan fingerprint density at radius 3 is 3.00 bits per heavy atom. The summed E-state index contributed by atoms with van der Waals surface area (Å²) in [5.74, 6) is -0.352. The Morgan fingerprint density at radius 2 is 2.30 bits per heavy atom. The first-order valence-electron chi connectivity index (χ1n) is 6.60. The summed E-state index contributed by atoms with van der Waals surface area (Å²) in [7, 11) is -3.38. The summed E-state index contributed by atoms with van der Waals surface area (Å²) in [6, 6.07) is 6.05. The van der Waals surface area contributed by atoms with Crippen LogP contribution in [0.15, 0.2) is 36.4 Å². The first-order valence-corrected chi connectivity index (χ1v) is 8.11. The monoisotopic (exact) mass is 295 g/mol. The van der Waals surface area contributed by atoms with Crippen LogP contribution in [0, 0.1) is 5.82 Å². The van der Waals surface area contributed by atoms with E-state index in [1.807, 2.05) is 12.2 Å². The summed E-state index contributed by atoms with van der Waals surface area (Å²) in [6.45, 7) is 0.518. The van der Waals surface area contributed by atoms with E-state index in [0.29, 0.717) is 18.5 Å². The van der Waals surface area contributed by atoms with Crippen molar-refractivity contribution in [3.05, 3.63) is 47.8 Å². The maximum absolute atomic E-state index is 13.2. The van der Waals surface area contributed by atoms with Gasteiger partial charge in [0.05, 0.1) is 6.10 Å². The van der Waals surface area contributed by atoms with Gasteiger partial charge in [0.1, 0.15) is 16.7 Å². The van der Waals surface area contributed by atoms with E-state index in [1.54, 1.807) is 12.1 Å². The molecule has 1 aromatic carbocycles. The van der Waals surface area contributed by atoms with E-state index in [0.717, 1.165) is 0 Å². The summed E-state index contributed by atoms with van der Waals surface area (Å²) in [5.41, 5.74) is -0.0277. The molecule has 1 spiro atoms. The molecule has 3 atom stereocenters. The molecule has 0 aromatic heterocycles. The van der Waals surface area contributed by atoms with Crippen LogP contribution < -0.4 is 0 Å². The second-order valence-corrected chi connectivity index (χ2v) is 7.75. The lowest BCUT2D eigenvalue weighted by molar-refractivity contribution is 0.0298.